The number of pyridine rings is 1. The summed E-state index contributed by atoms with van der Waals surface area (Å²) in [5.41, 5.74) is 4.52. The van der Waals surface area contributed by atoms with E-state index in [0.29, 0.717) is 0 Å². The predicted octanol–water partition coefficient (Wildman–Crippen LogP) is 5.71. The molecule has 0 atom stereocenters. The van der Waals surface area contributed by atoms with E-state index in [-0.39, 0.29) is 32.6 Å². The van der Waals surface area contributed by atoms with E-state index in [2.05, 4.69) is 58.9 Å². The zero-order valence-electron chi connectivity index (χ0n) is 16.6. The predicted molar refractivity (Wildman–Crippen MR) is 114 cm³/mol. The molecule has 0 spiro atoms. The number of benzene rings is 2. The summed E-state index contributed by atoms with van der Waals surface area (Å²) in [6.07, 6.45) is 2.99. The van der Waals surface area contributed by atoms with Gasteiger partial charge in [-0.25, -0.2) is 0 Å². The van der Waals surface area contributed by atoms with Crippen molar-refractivity contribution in [1.82, 2.24) is 9.55 Å². The molecule has 1 N–H and O–H groups in total. The minimum absolute atomic E-state index is 0. The molecule has 0 saturated carbocycles. The Bertz CT molecular complexity index is 1140. The quantitative estimate of drug-likeness (QED) is 0.196. The number of para-hydroxylation sites is 1. The van der Waals surface area contributed by atoms with Crippen LogP contribution in [-0.2, 0) is 32.4 Å². The maximum absolute atomic E-state index is 10.0. The minimum Gasteiger partial charge on any atom is -0.512 e. The normalized spacial score (nSPS) is 10.9. The van der Waals surface area contributed by atoms with Gasteiger partial charge in [0, 0.05) is 45.4 Å². The maximum Gasteiger partial charge on any atom is 0.155 e. The van der Waals surface area contributed by atoms with Crippen molar-refractivity contribution in [3.8, 4) is 11.3 Å². The fraction of sp³-hybridized carbons (Fsp3) is 0.167. The van der Waals surface area contributed by atoms with Crippen LogP contribution in [0.3, 0.4) is 0 Å². The molecule has 0 radical (unpaired) electrons. The Morgan fingerprint density at radius 3 is 2.41 bits per heavy atom. The Morgan fingerprint density at radius 2 is 1.83 bits per heavy atom. The average molecular weight is 567 g/mol. The second-order valence-electron chi connectivity index (χ2n) is 6.52. The molecule has 152 valence electrons. The molecule has 2 heterocycles. The van der Waals surface area contributed by atoms with E-state index in [1.54, 1.807) is 0 Å². The number of rotatable bonds is 3. The Labute approximate surface area is 185 Å². The van der Waals surface area contributed by atoms with Gasteiger partial charge in [-0.15, -0.1) is 23.8 Å². The molecule has 4 rings (SSSR count). The second-order valence-corrected chi connectivity index (χ2v) is 6.52. The molecule has 0 aliphatic carbocycles. The van der Waals surface area contributed by atoms with Crippen LogP contribution in [0.4, 0.5) is 0 Å². The standard InChI is InChI=1S/C19H15N2.C5H8O2.Pt/c1-2-21-18-9-4-3-7-15(18)16-13-14(10-11-19(16)21)17-8-5-6-12-20-17;1-4(6)3-5(2)7;/h3-9,11-13H,2H2,1H3;3,6H,1-2H3;/q-1;;/b;4-3-;. The number of hydrogen-bond acceptors (Lipinski definition) is 3. The zero-order chi connectivity index (χ0) is 20.1. The third-order valence-corrected chi connectivity index (χ3v) is 4.37. The van der Waals surface area contributed by atoms with Gasteiger partial charge < -0.3 is 14.7 Å². The van der Waals surface area contributed by atoms with E-state index >= 15 is 0 Å². The van der Waals surface area contributed by atoms with E-state index in [9.17, 15) is 4.79 Å². The van der Waals surface area contributed by atoms with Crippen molar-refractivity contribution in [3.05, 3.63) is 78.7 Å². The van der Waals surface area contributed by atoms with E-state index < -0.39 is 0 Å². The van der Waals surface area contributed by atoms with Crippen molar-refractivity contribution in [3.63, 3.8) is 0 Å². The molecule has 4 nitrogen and oxygen atoms in total. The first kappa shape index (κ1) is 22.6. The van der Waals surface area contributed by atoms with Crippen molar-refractivity contribution < 1.29 is 31.0 Å². The van der Waals surface area contributed by atoms with Crippen LogP contribution in [0.2, 0.25) is 0 Å². The molecule has 2 aromatic heterocycles. The van der Waals surface area contributed by atoms with Crippen LogP contribution in [-0.4, -0.2) is 20.4 Å². The second kappa shape index (κ2) is 10.2. The molecule has 0 amide bonds. The summed E-state index contributed by atoms with van der Waals surface area (Å²) in [7, 11) is 0. The van der Waals surface area contributed by atoms with E-state index in [4.69, 9.17) is 5.11 Å². The van der Waals surface area contributed by atoms with Crippen molar-refractivity contribution in [2.45, 2.75) is 27.3 Å². The van der Waals surface area contributed by atoms with Gasteiger partial charge in [0.05, 0.1) is 5.76 Å². The molecule has 5 heteroatoms. The van der Waals surface area contributed by atoms with Gasteiger partial charge in [0.25, 0.3) is 0 Å². The van der Waals surface area contributed by atoms with Crippen LogP contribution in [0.15, 0.2) is 72.6 Å². The van der Waals surface area contributed by atoms with Crippen LogP contribution in [0.25, 0.3) is 33.1 Å². The number of hydrogen-bond donors (Lipinski definition) is 1. The van der Waals surface area contributed by atoms with Crippen molar-refractivity contribution >= 4 is 27.6 Å². The maximum atomic E-state index is 10.0. The Balaban J connectivity index is 0.000000327. The number of allylic oxidation sites excluding steroid dienone is 2. The fourth-order valence-electron chi connectivity index (χ4n) is 3.29. The summed E-state index contributed by atoms with van der Waals surface area (Å²) in [4.78, 5) is 14.4. The zero-order valence-corrected chi connectivity index (χ0v) is 18.9. The van der Waals surface area contributed by atoms with Gasteiger partial charge in [0.15, 0.2) is 5.78 Å². The number of carbonyl (C=O) groups excluding carboxylic acids is 1. The smallest absolute Gasteiger partial charge is 0.155 e. The molecule has 29 heavy (non-hydrogen) atoms. The van der Waals surface area contributed by atoms with Crippen LogP contribution in [0.5, 0.6) is 0 Å². The molecule has 0 fully saturated rings. The summed E-state index contributed by atoms with van der Waals surface area (Å²) in [6.45, 7) is 5.99. The van der Waals surface area contributed by atoms with Crippen molar-refractivity contribution in [2.75, 3.05) is 0 Å². The first-order valence-electron chi connectivity index (χ1n) is 9.23. The SMILES string of the molecule is CC(=O)/C=C(/C)O.CCn1c2c[c-]c(-c3ccccn3)cc2c2ccccc21.[Pt]. The van der Waals surface area contributed by atoms with Gasteiger partial charge >= 0.3 is 0 Å². The Hall–Kier alpha value is -2.71. The number of carbonyl (C=O) groups is 1. The molecule has 0 unspecified atom stereocenters. The summed E-state index contributed by atoms with van der Waals surface area (Å²) in [6, 6.07) is 22.2. The molecular weight excluding hydrogens is 543 g/mol. The van der Waals surface area contributed by atoms with Crippen LogP contribution >= 0.6 is 0 Å². The third kappa shape index (κ3) is 5.21. The van der Waals surface area contributed by atoms with Gasteiger partial charge in [-0.05, 0) is 49.5 Å². The molecule has 0 saturated heterocycles. The number of aryl methyl sites for hydroxylation is 1. The number of nitrogens with zero attached hydrogens (tertiary/aromatic N) is 2. The molecule has 4 aromatic rings. The Morgan fingerprint density at radius 1 is 1.10 bits per heavy atom. The summed E-state index contributed by atoms with van der Waals surface area (Å²) >= 11 is 0. The molecule has 0 bridgehead atoms. The minimum atomic E-state index is -0.125. The van der Waals surface area contributed by atoms with Crippen molar-refractivity contribution in [1.29, 1.82) is 0 Å². The van der Waals surface area contributed by atoms with Crippen molar-refractivity contribution in [2.24, 2.45) is 0 Å². The number of aromatic nitrogens is 2. The largest absolute Gasteiger partial charge is 0.512 e. The summed E-state index contributed by atoms with van der Waals surface area (Å²) < 4.78 is 2.34. The number of fused-ring (bicyclic) bond motifs is 3. The van der Waals surface area contributed by atoms with Gasteiger partial charge in [-0.1, -0.05) is 35.7 Å². The molecule has 2 aromatic carbocycles. The van der Waals surface area contributed by atoms with E-state index in [1.807, 2.05) is 24.4 Å². The van der Waals surface area contributed by atoms with Crippen LogP contribution in [0.1, 0.15) is 20.8 Å². The average Bonchev–Trinajstić information content (AvgIpc) is 3.01. The summed E-state index contributed by atoms with van der Waals surface area (Å²) in [5.74, 6) is -0.0625. The van der Waals surface area contributed by atoms with E-state index in [0.717, 1.165) is 17.8 Å². The first-order chi connectivity index (χ1) is 13.5. The van der Waals surface area contributed by atoms with Gasteiger partial charge in [0.1, 0.15) is 0 Å². The van der Waals surface area contributed by atoms with Gasteiger partial charge in [0.2, 0.25) is 0 Å². The van der Waals surface area contributed by atoms with Gasteiger partial charge in [-0.3, -0.25) is 4.79 Å². The third-order valence-electron chi connectivity index (χ3n) is 4.37. The van der Waals surface area contributed by atoms with Crippen LogP contribution in [0, 0.1) is 6.07 Å². The molecule has 0 aliphatic heterocycles. The Kier molecular flexibility index (Phi) is 7.92. The van der Waals surface area contributed by atoms with E-state index in [1.165, 1.54) is 41.7 Å². The monoisotopic (exact) mass is 566 g/mol. The number of aliphatic hydroxyl groups is 1. The molecular formula is C24H23N2O2Pt-. The first-order valence-corrected chi connectivity index (χ1v) is 9.23. The number of aliphatic hydroxyl groups excluding tert-OH is 1. The molecule has 0 aliphatic rings. The van der Waals surface area contributed by atoms with Crippen LogP contribution < -0.4 is 0 Å². The topological polar surface area (TPSA) is 55.1 Å². The fourth-order valence-corrected chi connectivity index (χ4v) is 3.29. The van der Waals surface area contributed by atoms with Gasteiger partial charge in [-0.2, -0.15) is 0 Å². The summed E-state index contributed by atoms with van der Waals surface area (Å²) in [5, 5.41) is 10.9. The number of ketones is 1.